The van der Waals surface area contributed by atoms with Crippen LogP contribution in [0.3, 0.4) is 0 Å². The number of methoxy groups -OCH3 is 3. The first kappa shape index (κ1) is 19.1. The second kappa shape index (κ2) is 8.73. The van der Waals surface area contributed by atoms with E-state index in [1.165, 1.54) is 0 Å². The van der Waals surface area contributed by atoms with Gasteiger partial charge in [0.15, 0.2) is 11.5 Å². The van der Waals surface area contributed by atoms with Crippen LogP contribution in [0.25, 0.3) is 0 Å². The van der Waals surface area contributed by atoms with E-state index in [1.54, 1.807) is 39.5 Å². The third-order valence-electron chi connectivity index (χ3n) is 3.74. The Morgan fingerprint density at radius 1 is 0.880 bits per heavy atom. The van der Waals surface area contributed by atoms with E-state index in [0.717, 1.165) is 11.1 Å². The highest BCUT2D eigenvalue weighted by Crippen LogP contribution is 2.27. The molecule has 0 bridgehead atoms. The number of sulfonamides is 1. The molecule has 0 spiro atoms. The van der Waals surface area contributed by atoms with Crippen LogP contribution in [-0.2, 0) is 23.0 Å². The van der Waals surface area contributed by atoms with E-state index in [-0.39, 0.29) is 12.3 Å². The Hall–Kier alpha value is -2.25. The van der Waals surface area contributed by atoms with Gasteiger partial charge in [-0.25, -0.2) is 13.1 Å². The van der Waals surface area contributed by atoms with Gasteiger partial charge in [-0.15, -0.1) is 0 Å². The molecule has 0 aliphatic carbocycles. The summed E-state index contributed by atoms with van der Waals surface area (Å²) >= 11 is 0. The van der Waals surface area contributed by atoms with E-state index in [1.807, 2.05) is 24.3 Å². The van der Waals surface area contributed by atoms with Gasteiger partial charge in [0.05, 0.1) is 27.1 Å². The molecule has 0 aromatic heterocycles. The second-order valence-electron chi connectivity index (χ2n) is 5.43. The molecule has 7 heteroatoms. The van der Waals surface area contributed by atoms with Crippen LogP contribution in [0.2, 0.25) is 0 Å². The summed E-state index contributed by atoms with van der Waals surface area (Å²) in [4.78, 5) is 0. The molecule has 0 aliphatic rings. The van der Waals surface area contributed by atoms with Crippen LogP contribution in [0.5, 0.6) is 17.2 Å². The average molecular weight is 365 g/mol. The van der Waals surface area contributed by atoms with Crippen molar-refractivity contribution in [1.82, 2.24) is 4.72 Å². The van der Waals surface area contributed by atoms with Crippen LogP contribution in [0.15, 0.2) is 42.5 Å². The zero-order chi connectivity index (χ0) is 18.3. The maximum Gasteiger partial charge on any atom is 0.212 e. The molecule has 0 fully saturated rings. The van der Waals surface area contributed by atoms with Crippen molar-refractivity contribution in [3.63, 3.8) is 0 Å². The summed E-state index contributed by atoms with van der Waals surface area (Å²) in [5.74, 6) is 1.89. The highest BCUT2D eigenvalue weighted by molar-refractivity contribution is 7.89. The molecule has 2 aromatic carbocycles. The van der Waals surface area contributed by atoms with Gasteiger partial charge in [0, 0.05) is 6.54 Å². The third kappa shape index (κ3) is 5.65. The predicted octanol–water partition coefficient (Wildman–Crippen LogP) is 2.37. The number of rotatable bonds is 9. The molecular formula is C18H23NO5S. The Labute approximate surface area is 148 Å². The van der Waals surface area contributed by atoms with Crippen molar-refractivity contribution in [1.29, 1.82) is 0 Å². The molecular weight excluding hydrogens is 342 g/mol. The van der Waals surface area contributed by atoms with Crippen LogP contribution in [0, 0.1) is 0 Å². The molecule has 2 rings (SSSR count). The third-order valence-corrected chi connectivity index (χ3v) is 5.06. The van der Waals surface area contributed by atoms with Crippen molar-refractivity contribution in [3.05, 3.63) is 53.6 Å². The van der Waals surface area contributed by atoms with Crippen LogP contribution >= 0.6 is 0 Å². The second-order valence-corrected chi connectivity index (χ2v) is 7.36. The summed E-state index contributed by atoms with van der Waals surface area (Å²) in [6.07, 6.45) is 0.415. The van der Waals surface area contributed by atoms with E-state index in [2.05, 4.69) is 4.72 Å². The Balaban J connectivity index is 1.94. The summed E-state index contributed by atoms with van der Waals surface area (Å²) in [6.45, 7) is 0.195. The standard InChI is InChI=1S/C18H23NO5S/c1-22-16-6-4-5-14(11-16)9-10-25(20,21)19-13-15-7-8-17(23-2)18(12-15)24-3/h4-8,11-12,19H,9-10,13H2,1-3H3. The highest BCUT2D eigenvalue weighted by atomic mass is 32.2. The zero-order valence-corrected chi connectivity index (χ0v) is 15.4. The molecule has 0 radical (unpaired) electrons. The number of ether oxygens (including phenoxy) is 3. The van der Waals surface area contributed by atoms with Crippen molar-refractivity contribution < 1.29 is 22.6 Å². The van der Waals surface area contributed by atoms with Crippen LogP contribution in [0.1, 0.15) is 11.1 Å². The van der Waals surface area contributed by atoms with Crippen LogP contribution in [-0.4, -0.2) is 35.5 Å². The lowest BCUT2D eigenvalue weighted by atomic mass is 10.2. The summed E-state index contributed by atoms with van der Waals surface area (Å²) in [5.41, 5.74) is 1.71. The normalized spacial score (nSPS) is 11.2. The Bertz CT molecular complexity index is 805. The number of hydrogen-bond donors (Lipinski definition) is 1. The first-order valence-corrected chi connectivity index (χ1v) is 9.44. The maximum atomic E-state index is 12.2. The van der Waals surface area contributed by atoms with Gasteiger partial charge in [-0.3, -0.25) is 0 Å². The average Bonchev–Trinajstić information content (AvgIpc) is 2.64. The predicted molar refractivity (Wildman–Crippen MR) is 96.9 cm³/mol. The first-order chi connectivity index (χ1) is 12.0. The highest BCUT2D eigenvalue weighted by Gasteiger charge is 2.12. The number of benzene rings is 2. The minimum Gasteiger partial charge on any atom is -0.497 e. The van der Waals surface area contributed by atoms with Crippen LogP contribution in [0.4, 0.5) is 0 Å². The van der Waals surface area contributed by atoms with Crippen molar-refractivity contribution in [3.8, 4) is 17.2 Å². The molecule has 0 aliphatic heterocycles. The maximum absolute atomic E-state index is 12.2. The van der Waals surface area contributed by atoms with Gasteiger partial charge < -0.3 is 14.2 Å². The molecule has 0 atom stereocenters. The molecule has 2 aromatic rings. The van der Waals surface area contributed by atoms with Gasteiger partial charge in [0.25, 0.3) is 0 Å². The van der Waals surface area contributed by atoms with Gasteiger partial charge >= 0.3 is 0 Å². The van der Waals surface area contributed by atoms with Gasteiger partial charge in [-0.1, -0.05) is 18.2 Å². The van der Waals surface area contributed by atoms with Crippen molar-refractivity contribution in [2.45, 2.75) is 13.0 Å². The lowest BCUT2D eigenvalue weighted by Crippen LogP contribution is -2.26. The van der Waals surface area contributed by atoms with E-state index in [4.69, 9.17) is 14.2 Å². The minimum absolute atomic E-state index is 0.00740. The van der Waals surface area contributed by atoms with E-state index >= 15 is 0 Å². The summed E-state index contributed by atoms with van der Waals surface area (Å²) < 4.78 is 42.6. The van der Waals surface area contributed by atoms with E-state index in [9.17, 15) is 8.42 Å². The van der Waals surface area contributed by atoms with Gasteiger partial charge in [-0.2, -0.15) is 0 Å². The molecule has 0 saturated carbocycles. The molecule has 136 valence electrons. The number of nitrogens with one attached hydrogen (secondary N) is 1. The largest absolute Gasteiger partial charge is 0.497 e. The fraction of sp³-hybridized carbons (Fsp3) is 0.333. The van der Waals surface area contributed by atoms with Gasteiger partial charge in [-0.05, 0) is 41.8 Å². The van der Waals surface area contributed by atoms with E-state index in [0.29, 0.717) is 23.7 Å². The van der Waals surface area contributed by atoms with Gasteiger partial charge in [0.1, 0.15) is 5.75 Å². The molecule has 0 unspecified atom stereocenters. The monoisotopic (exact) mass is 365 g/mol. The smallest absolute Gasteiger partial charge is 0.212 e. The van der Waals surface area contributed by atoms with Crippen molar-refractivity contribution >= 4 is 10.0 Å². The zero-order valence-electron chi connectivity index (χ0n) is 14.6. The summed E-state index contributed by atoms with van der Waals surface area (Å²) in [6, 6.07) is 12.7. The lowest BCUT2D eigenvalue weighted by Gasteiger charge is -2.11. The van der Waals surface area contributed by atoms with Crippen LogP contribution < -0.4 is 18.9 Å². The Morgan fingerprint density at radius 3 is 2.32 bits per heavy atom. The van der Waals surface area contributed by atoms with Crippen molar-refractivity contribution in [2.75, 3.05) is 27.1 Å². The fourth-order valence-electron chi connectivity index (χ4n) is 2.34. The number of aryl methyl sites for hydroxylation is 1. The van der Waals surface area contributed by atoms with Gasteiger partial charge in [0.2, 0.25) is 10.0 Å². The number of hydrogen-bond acceptors (Lipinski definition) is 5. The summed E-state index contributed by atoms with van der Waals surface area (Å²) in [7, 11) is 1.28. The fourth-order valence-corrected chi connectivity index (χ4v) is 3.37. The quantitative estimate of drug-likeness (QED) is 0.738. The Kier molecular flexibility index (Phi) is 6.66. The Morgan fingerprint density at radius 2 is 1.64 bits per heavy atom. The molecule has 0 heterocycles. The molecule has 1 N–H and O–H groups in total. The summed E-state index contributed by atoms with van der Waals surface area (Å²) in [5, 5.41) is 0. The SMILES string of the molecule is COc1cccc(CCS(=O)(=O)NCc2ccc(OC)c(OC)c2)c1. The molecule has 0 amide bonds. The first-order valence-electron chi connectivity index (χ1n) is 7.78. The topological polar surface area (TPSA) is 73.9 Å². The molecule has 0 saturated heterocycles. The molecule has 6 nitrogen and oxygen atoms in total. The van der Waals surface area contributed by atoms with E-state index < -0.39 is 10.0 Å². The minimum atomic E-state index is -3.40. The molecule has 25 heavy (non-hydrogen) atoms. The lowest BCUT2D eigenvalue weighted by molar-refractivity contribution is 0.354. The van der Waals surface area contributed by atoms with Crippen molar-refractivity contribution in [2.24, 2.45) is 0 Å².